The maximum atomic E-state index is 11.3. The van der Waals surface area contributed by atoms with E-state index in [2.05, 4.69) is 10.6 Å². The smallest absolute Gasteiger partial charge is 0.239 e. The molecule has 0 aliphatic heterocycles. The fourth-order valence-corrected chi connectivity index (χ4v) is 1.04. The van der Waals surface area contributed by atoms with Crippen LogP contribution in [0.1, 0.15) is 33.1 Å². The average Bonchev–Trinajstić information content (AvgIpc) is 2.86. The fourth-order valence-electron chi connectivity index (χ4n) is 1.04. The quantitative estimate of drug-likeness (QED) is 0.576. The Bertz CT molecular complexity index is 254. The van der Waals surface area contributed by atoms with Crippen molar-refractivity contribution in [1.82, 2.24) is 10.6 Å². The van der Waals surface area contributed by atoms with Crippen molar-refractivity contribution in [3.63, 3.8) is 0 Å². The number of amides is 2. The fraction of sp³-hybridized carbons (Fsp3) is 0.800. The van der Waals surface area contributed by atoms with Crippen LogP contribution >= 0.6 is 0 Å². The molecule has 0 aromatic rings. The third-order valence-electron chi connectivity index (χ3n) is 2.17. The van der Waals surface area contributed by atoms with Gasteiger partial charge in [0.1, 0.15) is 0 Å². The predicted octanol–water partition coefficient (Wildman–Crippen LogP) is -0.491. The van der Waals surface area contributed by atoms with E-state index in [9.17, 15) is 9.59 Å². The van der Waals surface area contributed by atoms with Gasteiger partial charge in [0.05, 0.1) is 5.54 Å². The van der Waals surface area contributed by atoms with Crippen molar-refractivity contribution in [1.29, 1.82) is 0 Å². The highest BCUT2D eigenvalue weighted by atomic mass is 16.2. The molecule has 4 N–H and O–H groups in total. The van der Waals surface area contributed by atoms with Gasteiger partial charge in [0, 0.05) is 19.0 Å². The lowest BCUT2D eigenvalue weighted by atomic mass is 10.1. The van der Waals surface area contributed by atoms with E-state index >= 15 is 0 Å². The summed E-state index contributed by atoms with van der Waals surface area (Å²) < 4.78 is 0. The first-order chi connectivity index (χ1) is 6.89. The highest BCUT2D eigenvalue weighted by Crippen LogP contribution is 2.18. The van der Waals surface area contributed by atoms with Gasteiger partial charge in [0.2, 0.25) is 11.8 Å². The Labute approximate surface area is 89.8 Å². The number of nitrogens with one attached hydrogen (secondary N) is 2. The van der Waals surface area contributed by atoms with E-state index in [-0.39, 0.29) is 11.8 Å². The van der Waals surface area contributed by atoms with Gasteiger partial charge in [-0.3, -0.25) is 9.59 Å². The summed E-state index contributed by atoms with van der Waals surface area (Å²) in [4.78, 5) is 22.5. The SMILES string of the molecule is CC(C)(N)C(=O)NCCC(=O)NC1CC1. The molecule has 86 valence electrons. The van der Waals surface area contributed by atoms with E-state index in [0.717, 1.165) is 12.8 Å². The topological polar surface area (TPSA) is 84.2 Å². The second kappa shape index (κ2) is 4.61. The van der Waals surface area contributed by atoms with Crippen molar-refractivity contribution >= 4 is 11.8 Å². The van der Waals surface area contributed by atoms with Gasteiger partial charge in [-0.1, -0.05) is 0 Å². The average molecular weight is 213 g/mol. The molecule has 0 unspecified atom stereocenters. The van der Waals surface area contributed by atoms with Crippen molar-refractivity contribution in [3.8, 4) is 0 Å². The van der Waals surface area contributed by atoms with Crippen molar-refractivity contribution in [2.24, 2.45) is 5.73 Å². The van der Waals surface area contributed by atoms with Crippen molar-refractivity contribution in [3.05, 3.63) is 0 Å². The summed E-state index contributed by atoms with van der Waals surface area (Å²) in [5, 5.41) is 5.47. The Hall–Kier alpha value is -1.10. The Balaban J connectivity index is 2.09. The summed E-state index contributed by atoms with van der Waals surface area (Å²) in [6, 6.07) is 0.374. The zero-order valence-corrected chi connectivity index (χ0v) is 9.30. The summed E-state index contributed by atoms with van der Waals surface area (Å²) in [5.41, 5.74) is 4.69. The molecular weight excluding hydrogens is 194 g/mol. The van der Waals surface area contributed by atoms with Gasteiger partial charge in [-0.25, -0.2) is 0 Å². The van der Waals surface area contributed by atoms with Gasteiger partial charge in [0.25, 0.3) is 0 Å². The van der Waals surface area contributed by atoms with Crippen LogP contribution in [-0.4, -0.2) is 29.9 Å². The van der Waals surface area contributed by atoms with Gasteiger partial charge in [0.15, 0.2) is 0 Å². The molecule has 0 saturated heterocycles. The maximum Gasteiger partial charge on any atom is 0.239 e. The van der Waals surface area contributed by atoms with Gasteiger partial charge in [-0.15, -0.1) is 0 Å². The van der Waals surface area contributed by atoms with Crippen LogP contribution in [0, 0.1) is 0 Å². The standard InChI is InChI=1S/C10H19N3O2/c1-10(2,11)9(15)12-6-5-8(14)13-7-3-4-7/h7H,3-6,11H2,1-2H3,(H,12,15)(H,13,14). The number of carbonyl (C=O) groups is 2. The Morgan fingerprint density at radius 3 is 2.47 bits per heavy atom. The van der Waals surface area contributed by atoms with Crippen LogP contribution in [0.3, 0.4) is 0 Å². The molecule has 1 aliphatic rings. The lowest BCUT2D eigenvalue weighted by Crippen LogP contribution is -2.49. The van der Waals surface area contributed by atoms with Gasteiger partial charge < -0.3 is 16.4 Å². The van der Waals surface area contributed by atoms with Gasteiger partial charge >= 0.3 is 0 Å². The lowest BCUT2D eigenvalue weighted by molar-refractivity contribution is -0.125. The zero-order valence-electron chi connectivity index (χ0n) is 9.30. The number of carbonyl (C=O) groups excluding carboxylic acids is 2. The van der Waals surface area contributed by atoms with Crippen LogP contribution in [0.15, 0.2) is 0 Å². The molecular formula is C10H19N3O2. The molecule has 0 atom stereocenters. The van der Waals surface area contributed by atoms with Crippen molar-refractivity contribution < 1.29 is 9.59 Å². The lowest BCUT2D eigenvalue weighted by Gasteiger charge is -2.17. The Kier molecular flexibility index (Phi) is 3.68. The summed E-state index contributed by atoms with van der Waals surface area (Å²) in [5.74, 6) is -0.241. The van der Waals surface area contributed by atoms with Crippen LogP contribution in [0.2, 0.25) is 0 Å². The Morgan fingerprint density at radius 2 is 2.00 bits per heavy atom. The molecule has 1 rings (SSSR count). The maximum absolute atomic E-state index is 11.3. The van der Waals surface area contributed by atoms with E-state index in [1.54, 1.807) is 13.8 Å². The molecule has 0 heterocycles. The van der Waals surface area contributed by atoms with Crippen LogP contribution in [0.25, 0.3) is 0 Å². The highest BCUT2D eigenvalue weighted by Gasteiger charge is 2.24. The first-order valence-corrected chi connectivity index (χ1v) is 5.26. The van der Waals surface area contributed by atoms with Gasteiger partial charge in [-0.2, -0.15) is 0 Å². The molecule has 5 nitrogen and oxygen atoms in total. The third-order valence-corrected chi connectivity index (χ3v) is 2.17. The van der Waals surface area contributed by atoms with Crippen LogP contribution in [-0.2, 0) is 9.59 Å². The van der Waals surface area contributed by atoms with Crippen LogP contribution in [0.5, 0.6) is 0 Å². The number of hydrogen-bond donors (Lipinski definition) is 3. The van der Waals surface area contributed by atoms with Gasteiger partial charge in [-0.05, 0) is 26.7 Å². The summed E-state index contributed by atoms with van der Waals surface area (Å²) >= 11 is 0. The van der Waals surface area contributed by atoms with Crippen molar-refractivity contribution in [2.75, 3.05) is 6.54 Å². The summed E-state index contributed by atoms with van der Waals surface area (Å²) in [6.45, 7) is 3.61. The minimum atomic E-state index is -0.882. The minimum Gasteiger partial charge on any atom is -0.354 e. The van der Waals surface area contributed by atoms with Crippen LogP contribution in [0.4, 0.5) is 0 Å². The second-order valence-electron chi connectivity index (χ2n) is 4.57. The van der Waals surface area contributed by atoms with E-state index in [1.807, 2.05) is 0 Å². The largest absolute Gasteiger partial charge is 0.354 e. The minimum absolute atomic E-state index is 0.00683. The molecule has 1 saturated carbocycles. The molecule has 0 spiro atoms. The molecule has 0 bridgehead atoms. The first kappa shape index (κ1) is 12.0. The van der Waals surface area contributed by atoms with Crippen molar-refractivity contribution in [2.45, 2.75) is 44.7 Å². The second-order valence-corrected chi connectivity index (χ2v) is 4.57. The van der Waals surface area contributed by atoms with E-state index in [0.29, 0.717) is 19.0 Å². The first-order valence-electron chi connectivity index (χ1n) is 5.26. The normalized spacial score (nSPS) is 15.9. The molecule has 2 amide bonds. The summed E-state index contributed by atoms with van der Waals surface area (Å²) in [7, 11) is 0. The molecule has 15 heavy (non-hydrogen) atoms. The number of rotatable bonds is 5. The molecule has 0 aromatic carbocycles. The van der Waals surface area contributed by atoms with E-state index in [4.69, 9.17) is 5.73 Å². The Morgan fingerprint density at radius 1 is 1.40 bits per heavy atom. The van der Waals surface area contributed by atoms with E-state index < -0.39 is 5.54 Å². The molecule has 1 fully saturated rings. The highest BCUT2D eigenvalue weighted by molar-refractivity contribution is 5.85. The monoisotopic (exact) mass is 213 g/mol. The summed E-state index contributed by atoms with van der Waals surface area (Å²) in [6.07, 6.45) is 2.47. The molecule has 5 heteroatoms. The molecule has 0 aromatic heterocycles. The predicted molar refractivity (Wildman–Crippen MR) is 57.1 cm³/mol. The molecule has 1 aliphatic carbocycles. The number of hydrogen-bond acceptors (Lipinski definition) is 3. The third kappa shape index (κ3) is 4.78. The zero-order chi connectivity index (χ0) is 11.5. The molecule has 0 radical (unpaired) electrons. The van der Waals surface area contributed by atoms with E-state index in [1.165, 1.54) is 0 Å². The number of nitrogens with two attached hydrogens (primary N) is 1. The van der Waals surface area contributed by atoms with Crippen LogP contribution < -0.4 is 16.4 Å².